The fourth-order valence-corrected chi connectivity index (χ4v) is 4.77. The van der Waals surface area contributed by atoms with Gasteiger partial charge in [0.2, 0.25) is 12.7 Å². The summed E-state index contributed by atoms with van der Waals surface area (Å²) >= 11 is 0. The number of fused-ring (bicyclic) bond motifs is 1. The molecule has 2 aliphatic rings. The summed E-state index contributed by atoms with van der Waals surface area (Å²) in [6.45, 7) is 5.90. The largest absolute Gasteiger partial charge is 0.454 e. The number of anilines is 2. The van der Waals surface area contributed by atoms with E-state index in [4.69, 9.17) is 9.47 Å². The molecular formula is C30H31FN4O5. The van der Waals surface area contributed by atoms with Gasteiger partial charge in [0.1, 0.15) is 12.4 Å². The van der Waals surface area contributed by atoms with E-state index in [9.17, 15) is 18.8 Å². The number of hydrogen-bond donors (Lipinski definition) is 1. The Labute approximate surface area is 232 Å². The Morgan fingerprint density at radius 3 is 2.33 bits per heavy atom. The Balaban J connectivity index is 1.15. The summed E-state index contributed by atoms with van der Waals surface area (Å²) in [6.07, 6.45) is 0. The molecule has 5 rings (SSSR count). The molecule has 9 nitrogen and oxygen atoms in total. The molecule has 0 unspecified atom stereocenters. The van der Waals surface area contributed by atoms with Crippen LogP contribution in [0.15, 0.2) is 66.7 Å². The Morgan fingerprint density at radius 1 is 0.925 bits per heavy atom. The lowest BCUT2D eigenvalue weighted by Crippen LogP contribution is -2.49. The zero-order valence-electron chi connectivity index (χ0n) is 22.4. The third-order valence-electron chi connectivity index (χ3n) is 7.01. The number of benzene rings is 3. The van der Waals surface area contributed by atoms with E-state index in [1.807, 2.05) is 38.1 Å². The number of carbonyl (C=O) groups is 3. The smallest absolute Gasteiger partial charge is 0.256 e. The van der Waals surface area contributed by atoms with Gasteiger partial charge in [-0.05, 0) is 68.4 Å². The maximum absolute atomic E-state index is 14.0. The van der Waals surface area contributed by atoms with Crippen LogP contribution in [0, 0.1) is 5.82 Å². The number of carbonyl (C=O) groups excluding carboxylic acids is 3. The van der Waals surface area contributed by atoms with E-state index >= 15 is 0 Å². The molecule has 0 aromatic heterocycles. The molecule has 1 saturated heterocycles. The fourth-order valence-electron chi connectivity index (χ4n) is 4.77. The van der Waals surface area contributed by atoms with E-state index in [1.165, 1.54) is 17.0 Å². The molecule has 0 radical (unpaired) electrons. The highest BCUT2D eigenvalue weighted by Crippen LogP contribution is 2.33. The highest BCUT2D eigenvalue weighted by Gasteiger charge is 2.26. The van der Waals surface area contributed by atoms with E-state index in [1.54, 1.807) is 35.2 Å². The molecule has 0 aliphatic carbocycles. The number of ether oxygens (including phenoxy) is 2. The highest BCUT2D eigenvalue weighted by molar-refractivity contribution is 6.00. The number of nitrogens with one attached hydrogen (secondary N) is 1. The third kappa shape index (κ3) is 5.85. The average molecular weight is 547 g/mol. The predicted octanol–water partition coefficient (Wildman–Crippen LogP) is 4.01. The molecule has 3 amide bonds. The van der Waals surface area contributed by atoms with E-state index in [0.717, 1.165) is 5.69 Å². The number of piperazine rings is 1. The zero-order valence-corrected chi connectivity index (χ0v) is 22.4. The molecule has 2 heterocycles. The van der Waals surface area contributed by atoms with Crippen molar-refractivity contribution in [3.63, 3.8) is 0 Å². The van der Waals surface area contributed by atoms with E-state index in [0.29, 0.717) is 48.9 Å². The van der Waals surface area contributed by atoms with Crippen molar-refractivity contribution in [3.8, 4) is 11.5 Å². The van der Waals surface area contributed by atoms with Crippen LogP contribution in [0.25, 0.3) is 0 Å². The molecule has 0 spiro atoms. The van der Waals surface area contributed by atoms with Gasteiger partial charge in [0.15, 0.2) is 11.5 Å². The second-order valence-electron chi connectivity index (χ2n) is 9.95. The molecular weight excluding hydrogens is 515 g/mol. The van der Waals surface area contributed by atoms with Crippen LogP contribution < -0.4 is 19.7 Å². The standard InChI is InChI=1S/C30H31FN4O5/c1-20(2)35(29(37)21-7-12-26-27(17-21)40-19-39-26)18-28(36)32-22-8-10-23(11-9-22)33-13-15-34(16-14-33)30(38)24-5-3-4-6-25(24)31/h3-12,17,20H,13-16,18-19H2,1-2H3,(H,32,36). The van der Waals surface area contributed by atoms with Gasteiger partial charge in [0, 0.05) is 49.2 Å². The lowest BCUT2D eigenvalue weighted by atomic mass is 10.1. The lowest BCUT2D eigenvalue weighted by Gasteiger charge is -2.36. The fraction of sp³-hybridized carbons (Fsp3) is 0.300. The van der Waals surface area contributed by atoms with Crippen molar-refractivity contribution in [2.45, 2.75) is 19.9 Å². The minimum Gasteiger partial charge on any atom is -0.454 e. The molecule has 10 heteroatoms. The van der Waals surface area contributed by atoms with Crippen LogP contribution in [0.3, 0.4) is 0 Å². The third-order valence-corrected chi connectivity index (χ3v) is 7.01. The molecule has 40 heavy (non-hydrogen) atoms. The molecule has 3 aromatic rings. The van der Waals surface area contributed by atoms with Crippen molar-refractivity contribution < 1.29 is 28.2 Å². The van der Waals surface area contributed by atoms with Gasteiger partial charge >= 0.3 is 0 Å². The zero-order chi connectivity index (χ0) is 28.2. The number of amides is 3. The van der Waals surface area contributed by atoms with E-state index < -0.39 is 5.82 Å². The number of nitrogens with zero attached hydrogens (tertiary/aromatic N) is 3. The molecule has 208 valence electrons. The Hall–Kier alpha value is -4.60. The first-order chi connectivity index (χ1) is 19.3. The van der Waals surface area contributed by atoms with Crippen LogP contribution in [0.5, 0.6) is 11.5 Å². The Kier molecular flexibility index (Phi) is 7.86. The first-order valence-electron chi connectivity index (χ1n) is 13.2. The summed E-state index contributed by atoms with van der Waals surface area (Å²) < 4.78 is 24.7. The molecule has 1 N–H and O–H groups in total. The quantitative estimate of drug-likeness (QED) is 0.482. The van der Waals surface area contributed by atoms with Crippen molar-refractivity contribution in [2.24, 2.45) is 0 Å². The maximum atomic E-state index is 14.0. The van der Waals surface area contributed by atoms with Gasteiger partial charge in [-0.25, -0.2) is 4.39 Å². The number of halogens is 1. The van der Waals surface area contributed by atoms with Gasteiger partial charge < -0.3 is 29.5 Å². The van der Waals surface area contributed by atoms with Crippen molar-refractivity contribution in [1.82, 2.24) is 9.80 Å². The summed E-state index contributed by atoms with van der Waals surface area (Å²) in [5.74, 6) is -0.296. The SMILES string of the molecule is CC(C)N(CC(=O)Nc1ccc(N2CCN(C(=O)c3ccccc3F)CC2)cc1)C(=O)c1ccc2c(c1)OCO2. The number of rotatable bonds is 7. The highest BCUT2D eigenvalue weighted by atomic mass is 19.1. The van der Waals surface area contributed by atoms with Gasteiger partial charge in [-0.1, -0.05) is 12.1 Å². The molecule has 0 atom stereocenters. The van der Waals surface area contributed by atoms with Crippen LogP contribution in [0.2, 0.25) is 0 Å². The summed E-state index contributed by atoms with van der Waals surface area (Å²) in [5, 5.41) is 2.87. The first-order valence-corrected chi connectivity index (χ1v) is 13.2. The summed E-state index contributed by atoms with van der Waals surface area (Å²) in [5.41, 5.74) is 2.08. The van der Waals surface area contributed by atoms with Gasteiger partial charge in [-0.3, -0.25) is 14.4 Å². The second kappa shape index (κ2) is 11.6. The van der Waals surface area contributed by atoms with Crippen LogP contribution in [-0.4, -0.2) is 73.1 Å². The summed E-state index contributed by atoms with van der Waals surface area (Å²) in [4.78, 5) is 44.0. The minimum atomic E-state index is -0.513. The minimum absolute atomic E-state index is 0.0877. The monoisotopic (exact) mass is 546 g/mol. The second-order valence-corrected chi connectivity index (χ2v) is 9.95. The average Bonchev–Trinajstić information content (AvgIpc) is 3.44. The summed E-state index contributed by atoms with van der Waals surface area (Å²) in [6, 6.07) is 18.2. The first kappa shape index (κ1) is 27.0. The predicted molar refractivity (Wildman–Crippen MR) is 148 cm³/mol. The van der Waals surface area contributed by atoms with Crippen molar-refractivity contribution >= 4 is 29.1 Å². The Morgan fingerprint density at radius 2 is 1.62 bits per heavy atom. The molecule has 3 aromatic carbocycles. The molecule has 1 fully saturated rings. The van der Waals surface area contributed by atoms with Crippen molar-refractivity contribution in [1.29, 1.82) is 0 Å². The molecule has 0 saturated carbocycles. The van der Waals surface area contributed by atoms with Gasteiger partial charge in [0.25, 0.3) is 11.8 Å². The van der Waals surface area contributed by atoms with Crippen LogP contribution >= 0.6 is 0 Å². The molecule has 0 bridgehead atoms. The maximum Gasteiger partial charge on any atom is 0.256 e. The van der Waals surface area contributed by atoms with Gasteiger partial charge in [-0.15, -0.1) is 0 Å². The summed E-state index contributed by atoms with van der Waals surface area (Å²) in [7, 11) is 0. The topological polar surface area (TPSA) is 91.4 Å². The lowest BCUT2D eigenvalue weighted by molar-refractivity contribution is -0.117. The van der Waals surface area contributed by atoms with Crippen LogP contribution in [-0.2, 0) is 4.79 Å². The van der Waals surface area contributed by atoms with Crippen LogP contribution in [0.1, 0.15) is 34.6 Å². The molecule has 2 aliphatic heterocycles. The Bertz CT molecular complexity index is 1400. The van der Waals surface area contributed by atoms with E-state index in [-0.39, 0.29) is 42.7 Å². The van der Waals surface area contributed by atoms with Crippen LogP contribution in [0.4, 0.5) is 15.8 Å². The van der Waals surface area contributed by atoms with Gasteiger partial charge in [0.05, 0.1) is 5.56 Å². The van der Waals surface area contributed by atoms with Gasteiger partial charge in [-0.2, -0.15) is 0 Å². The number of hydrogen-bond acceptors (Lipinski definition) is 6. The van der Waals surface area contributed by atoms with Crippen molar-refractivity contribution in [3.05, 3.63) is 83.7 Å². The normalized spacial score (nSPS) is 14.3. The van der Waals surface area contributed by atoms with Crippen molar-refractivity contribution in [2.75, 3.05) is 49.7 Å². The van der Waals surface area contributed by atoms with E-state index in [2.05, 4.69) is 10.2 Å².